The number of benzene rings is 4. The zero-order chi connectivity index (χ0) is 40.3. The molecule has 0 saturated heterocycles. The fourth-order valence-electron chi connectivity index (χ4n) is 4.80. The molecule has 54 heavy (non-hydrogen) atoms. The normalized spacial score (nSPS) is 10.8. The summed E-state index contributed by atoms with van der Waals surface area (Å²) in [6, 6.07) is 0. The van der Waals surface area contributed by atoms with Crippen molar-refractivity contribution in [3.8, 4) is 35.5 Å². The molecule has 0 heterocycles. The van der Waals surface area contributed by atoms with Crippen molar-refractivity contribution in [2.75, 3.05) is 0 Å². The van der Waals surface area contributed by atoms with Crippen LogP contribution in [0.5, 0.6) is 0 Å². The lowest BCUT2D eigenvalue weighted by atomic mass is 10.0. The summed E-state index contributed by atoms with van der Waals surface area (Å²) in [7, 11) is 0. The van der Waals surface area contributed by atoms with E-state index in [0.717, 1.165) is 0 Å². The summed E-state index contributed by atoms with van der Waals surface area (Å²) in [4.78, 5) is 0. The third-order valence-electron chi connectivity index (χ3n) is 7.73. The van der Waals surface area contributed by atoms with Crippen LogP contribution in [0.15, 0.2) is 0 Å². The van der Waals surface area contributed by atoms with Crippen molar-refractivity contribution in [3.05, 3.63) is 138 Å². The van der Waals surface area contributed by atoms with Gasteiger partial charge in [0.15, 0.2) is 93.1 Å². The number of unbranched alkanes of at least 4 members (excludes halogenated alkanes) is 2. The maximum absolute atomic E-state index is 14.8. The average molecular weight is 779 g/mol. The first-order chi connectivity index (χ1) is 25.4. The molecule has 0 fully saturated rings. The zero-order valence-corrected chi connectivity index (χ0v) is 27.3. The molecule has 0 unspecified atom stereocenters. The number of hydrogen-bond donors (Lipinski definition) is 0. The molecule has 282 valence electrons. The Bertz CT molecular complexity index is 2110. The largest absolute Gasteiger partial charge is 0.203 e. The molecule has 0 nitrogen and oxygen atoms in total. The van der Waals surface area contributed by atoms with E-state index in [1.54, 1.807) is 13.8 Å². The van der Waals surface area contributed by atoms with E-state index in [9.17, 15) is 70.2 Å². The van der Waals surface area contributed by atoms with E-state index in [-0.39, 0.29) is 12.8 Å². The number of rotatable bonds is 6. The molecule has 0 aromatic heterocycles. The van der Waals surface area contributed by atoms with Crippen molar-refractivity contribution >= 4 is 0 Å². The molecule has 4 aromatic carbocycles. The highest BCUT2D eigenvalue weighted by Crippen LogP contribution is 2.29. The second-order valence-corrected chi connectivity index (χ2v) is 11.2. The molecule has 0 bridgehead atoms. The van der Waals surface area contributed by atoms with Crippen molar-refractivity contribution in [2.24, 2.45) is 0 Å². The molecular weight excluding hydrogens is 760 g/mol. The molecule has 0 aliphatic rings. The first kappa shape index (κ1) is 41.2. The van der Waals surface area contributed by atoms with Gasteiger partial charge in [-0.3, -0.25) is 0 Å². The van der Waals surface area contributed by atoms with Crippen molar-refractivity contribution in [1.82, 2.24) is 0 Å². The minimum atomic E-state index is -2.47. The highest BCUT2D eigenvalue weighted by Gasteiger charge is 2.29. The minimum absolute atomic E-state index is 0.108. The Balaban J connectivity index is 1.78. The van der Waals surface area contributed by atoms with Crippen molar-refractivity contribution < 1.29 is 70.2 Å². The summed E-state index contributed by atoms with van der Waals surface area (Å²) < 4.78 is 234. The van der Waals surface area contributed by atoms with Crippen LogP contribution in [0.2, 0.25) is 0 Å². The molecule has 4 rings (SSSR count). The molecule has 0 N–H and O–H groups in total. The monoisotopic (exact) mass is 778 g/mol. The Labute approximate surface area is 295 Å². The molecule has 0 aliphatic carbocycles. The van der Waals surface area contributed by atoms with E-state index < -0.39 is 150 Å². The van der Waals surface area contributed by atoms with E-state index in [4.69, 9.17) is 0 Å². The third kappa shape index (κ3) is 7.45. The molecule has 0 spiro atoms. The van der Waals surface area contributed by atoms with Crippen LogP contribution in [-0.2, 0) is 12.8 Å². The lowest BCUT2D eigenvalue weighted by Gasteiger charge is -2.09. The highest BCUT2D eigenvalue weighted by molar-refractivity contribution is 5.54. The Hall–Kier alpha value is -5.56. The van der Waals surface area contributed by atoms with Gasteiger partial charge in [0.1, 0.15) is 33.4 Å². The first-order valence-electron chi connectivity index (χ1n) is 15.4. The van der Waals surface area contributed by atoms with Crippen LogP contribution in [0, 0.1) is 129 Å². The van der Waals surface area contributed by atoms with Crippen molar-refractivity contribution in [3.63, 3.8) is 0 Å². The summed E-state index contributed by atoms with van der Waals surface area (Å²) in [5.41, 5.74) is -13.1. The summed E-state index contributed by atoms with van der Waals surface area (Å²) in [5, 5.41) is 0. The molecule has 0 saturated carbocycles. The maximum atomic E-state index is 14.8. The molecular formula is C38H18F16. The average Bonchev–Trinajstić information content (AvgIpc) is 3.15. The SMILES string of the molecule is CCCCc1c(F)c(F)c(C#Cc2c(F)c(F)c(C#Cc3c(F)c(F)c(C#Cc4c(F)c(F)c(CCCC)c(F)c4F)c(F)c3F)c(F)c2F)c(F)c1F. The molecule has 16 heteroatoms. The van der Waals surface area contributed by atoms with Gasteiger partial charge in [-0.15, -0.1) is 0 Å². The summed E-state index contributed by atoms with van der Waals surface area (Å²) in [6.45, 7) is 3.21. The number of hydrogen-bond acceptors (Lipinski definition) is 0. The molecule has 0 amide bonds. The van der Waals surface area contributed by atoms with Gasteiger partial charge >= 0.3 is 0 Å². The van der Waals surface area contributed by atoms with Gasteiger partial charge in [-0.1, -0.05) is 62.2 Å². The zero-order valence-electron chi connectivity index (χ0n) is 27.3. The summed E-state index contributed by atoms with van der Waals surface area (Å²) in [6.07, 6.45) is 0.0757. The second kappa shape index (κ2) is 16.6. The quantitative estimate of drug-likeness (QED) is 0.104. The van der Waals surface area contributed by atoms with Gasteiger partial charge in [-0.25, -0.2) is 70.2 Å². The third-order valence-corrected chi connectivity index (χ3v) is 7.73. The van der Waals surface area contributed by atoms with Crippen LogP contribution in [0.3, 0.4) is 0 Å². The van der Waals surface area contributed by atoms with Crippen LogP contribution < -0.4 is 0 Å². The predicted octanol–water partition coefficient (Wildman–Crippen LogP) is 10.8. The maximum Gasteiger partial charge on any atom is 0.178 e. The second-order valence-electron chi connectivity index (χ2n) is 11.2. The van der Waals surface area contributed by atoms with Gasteiger partial charge in [-0.2, -0.15) is 0 Å². The van der Waals surface area contributed by atoms with Gasteiger partial charge in [0.25, 0.3) is 0 Å². The topological polar surface area (TPSA) is 0 Å². The summed E-state index contributed by atoms with van der Waals surface area (Å²) in [5.74, 6) is -27.8. The number of halogens is 16. The Morgan fingerprint density at radius 3 is 0.556 bits per heavy atom. The highest BCUT2D eigenvalue weighted by atomic mass is 19.2. The molecule has 0 aliphatic heterocycles. The first-order valence-corrected chi connectivity index (χ1v) is 15.4. The summed E-state index contributed by atoms with van der Waals surface area (Å²) >= 11 is 0. The van der Waals surface area contributed by atoms with Crippen molar-refractivity contribution in [2.45, 2.75) is 52.4 Å². The van der Waals surface area contributed by atoms with Crippen LogP contribution in [-0.4, -0.2) is 0 Å². The lowest BCUT2D eigenvalue weighted by molar-refractivity contribution is 0.433. The lowest BCUT2D eigenvalue weighted by Crippen LogP contribution is -2.08. The van der Waals surface area contributed by atoms with Gasteiger partial charge in [0.05, 0.1) is 0 Å². The van der Waals surface area contributed by atoms with Gasteiger partial charge in [-0.05, 0) is 25.7 Å². The van der Waals surface area contributed by atoms with Crippen LogP contribution in [0.25, 0.3) is 0 Å². The standard InChI is InChI=1S/C38H18F16/c1-3-5-7-15-23(39)27(43)17(28(44)24(15)40)9-11-19-31(47)35(51)21(36(52)32(19)48)13-14-22-37(53)33(49)20(34(50)38(22)54)12-10-18-29(45)25(41)16(8-6-4-2)26(42)30(18)46/h3-8H2,1-2H3. The van der Waals surface area contributed by atoms with E-state index in [1.165, 1.54) is 35.5 Å². The molecule has 0 atom stereocenters. The van der Waals surface area contributed by atoms with Crippen molar-refractivity contribution in [1.29, 1.82) is 0 Å². The van der Waals surface area contributed by atoms with E-state index in [2.05, 4.69) is 0 Å². The minimum Gasteiger partial charge on any atom is -0.203 e. The predicted molar refractivity (Wildman–Crippen MR) is 160 cm³/mol. The van der Waals surface area contributed by atoms with Crippen LogP contribution in [0.1, 0.15) is 84.0 Å². The van der Waals surface area contributed by atoms with Gasteiger partial charge in [0.2, 0.25) is 0 Å². The fraction of sp³-hybridized carbons (Fsp3) is 0.211. The smallest absolute Gasteiger partial charge is 0.178 e. The Morgan fingerprint density at radius 1 is 0.259 bits per heavy atom. The fourth-order valence-corrected chi connectivity index (χ4v) is 4.80. The van der Waals surface area contributed by atoms with Crippen LogP contribution in [0.4, 0.5) is 70.2 Å². The van der Waals surface area contributed by atoms with E-state index >= 15 is 0 Å². The van der Waals surface area contributed by atoms with Gasteiger partial charge in [0, 0.05) is 11.1 Å². The Kier molecular flexibility index (Phi) is 12.7. The van der Waals surface area contributed by atoms with E-state index in [1.807, 2.05) is 0 Å². The molecule has 4 aromatic rings. The van der Waals surface area contributed by atoms with E-state index in [0.29, 0.717) is 12.8 Å². The molecule has 0 radical (unpaired) electrons. The van der Waals surface area contributed by atoms with Crippen LogP contribution >= 0.6 is 0 Å². The van der Waals surface area contributed by atoms with Gasteiger partial charge < -0.3 is 0 Å². The Morgan fingerprint density at radius 2 is 0.407 bits per heavy atom.